The molecule has 1 heterocycles. The van der Waals surface area contributed by atoms with Crippen LogP contribution in [0.2, 0.25) is 0 Å². The lowest BCUT2D eigenvalue weighted by Crippen LogP contribution is -2.33. The van der Waals surface area contributed by atoms with Gasteiger partial charge in [-0.3, -0.25) is 4.79 Å². The number of nitrogens with zero attached hydrogens (tertiary/aromatic N) is 3. The van der Waals surface area contributed by atoms with E-state index in [1.54, 1.807) is 4.90 Å². The molecule has 0 saturated heterocycles. The SMILES string of the molecule is NC(=O)CN(Cc1ccccc1N)c1ncns1. The molecule has 0 aliphatic carbocycles. The zero-order chi connectivity index (χ0) is 13.0. The summed E-state index contributed by atoms with van der Waals surface area (Å²) in [7, 11) is 0. The predicted octanol–water partition coefficient (Wildman–Crippen LogP) is 0.612. The van der Waals surface area contributed by atoms with Crippen molar-refractivity contribution in [3.63, 3.8) is 0 Å². The van der Waals surface area contributed by atoms with Gasteiger partial charge in [-0.2, -0.15) is 4.37 Å². The van der Waals surface area contributed by atoms with Crippen LogP contribution in [0.5, 0.6) is 0 Å². The quantitative estimate of drug-likeness (QED) is 0.770. The molecule has 18 heavy (non-hydrogen) atoms. The standard InChI is InChI=1S/C11H13N5OS/c12-9-4-2-1-3-8(9)5-16(6-10(13)17)11-14-7-15-18-11/h1-4,7H,5-6,12H2,(H2,13,17). The molecule has 0 saturated carbocycles. The van der Waals surface area contributed by atoms with Crippen molar-refractivity contribution in [2.45, 2.75) is 6.54 Å². The zero-order valence-corrected chi connectivity index (χ0v) is 10.4. The van der Waals surface area contributed by atoms with Crippen LogP contribution in [0.4, 0.5) is 10.8 Å². The summed E-state index contributed by atoms with van der Waals surface area (Å²) < 4.78 is 3.92. The molecular weight excluding hydrogens is 250 g/mol. The number of anilines is 2. The highest BCUT2D eigenvalue weighted by Gasteiger charge is 2.14. The number of hydrogen-bond acceptors (Lipinski definition) is 6. The second kappa shape index (κ2) is 5.46. The Balaban J connectivity index is 2.20. The first-order chi connectivity index (χ1) is 8.66. The van der Waals surface area contributed by atoms with Crippen molar-refractivity contribution in [3.05, 3.63) is 36.2 Å². The molecule has 6 nitrogen and oxygen atoms in total. The maximum atomic E-state index is 11.1. The van der Waals surface area contributed by atoms with Crippen LogP contribution in [0.3, 0.4) is 0 Å². The molecular formula is C11H13N5OS. The zero-order valence-electron chi connectivity index (χ0n) is 9.61. The molecule has 7 heteroatoms. The lowest BCUT2D eigenvalue weighted by molar-refractivity contribution is -0.116. The number of para-hydroxylation sites is 1. The molecule has 4 N–H and O–H groups in total. The number of nitrogen functional groups attached to an aromatic ring is 1. The Bertz CT molecular complexity index is 528. The van der Waals surface area contributed by atoms with Crippen molar-refractivity contribution in [2.75, 3.05) is 17.2 Å². The van der Waals surface area contributed by atoms with Crippen molar-refractivity contribution in [3.8, 4) is 0 Å². The van der Waals surface area contributed by atoms with Gasteiger partial charge in [0.2, 0.25) is 11.0 Å². The van der Waals surface area contributed by atoms with Crippen LogP contribution in [0.25, 0.3) is 0 Å². The minimum absolute atomic E-state index is 0.0868. The number of amides is 1. The van der Waals surface area contributed by atoms with Crippen LogP contribution in [0, 0.1) is 0 Å². The van der Waals surface area contributed by atoms with E-state index in [0.29, 0.717) is 17.4 Å². The van der Waals surface area contributed by atoms with Gasteiger partial charge in [-0.1, -0.05) is 18.2 Å². The lowest BCUT2D eigenvalue weighted by Gasteiger charge is -2.20. The number of carbonyl (C=O) groups is 1. The molecule has 94 valence electrons. The van der Waals surface area contributed by atoms with Crippen molar-refractivity contribution < 1.29 is 4.79 Å². The van der Waals surface area contributed by atoms with Crippen LogP contribution in [-0.4, -0.2) is 21.8 Å². The lowest BCUT2D eigenvalue weighted by atomic mass is 10.2. The molecule has 1 amide bonds. The highest BCUT2D eigenvalue weighted by molar-refractivity contribution is 7.09. The van der Waals surface area contributed by atoms with Crippen molar-refractivity contribution in [1.82, 2.24) is 9.36 Å². The third-order valence-corrected chi connectivity index (χ3v) is 3.11. The van der Waals surface area contributed by atoms with Crippen LogP contribution in [-0.2, 0) is 11.3 Å². The number of nitrogens with two attached hydrogens (primary N) is 2. The van der Waals surface area contributed by atoms with Crippen molar-refractivity contribution >= 4 is 28.3 Å². The Morgan fingerprint density at radius 1 is 1.39 bits per heavy atom. The Kier molecular flexibility index (Phi) is 3.73. The molecule has 0 spiro atoms. The smallest absolute Gasteiger partial charge is 0.237 e. The van der Waals surface area contributed by atoms with Crippen LogP contribution < -0.4 is 16.4 Å². The fourth-order valence-electron chi connectivity index (χ4n) is 1.57. The normalized spacial score (nSPS) is 10.2. The van der Waals surface area contributed by atoms with Gasteiger partial charge in [-0.15, -0.1) is 0 Å². The molecule has 0 aliphatic heterocycles. The molecule has 0 fully saturated rings. The molecule has 2 rings (SSSR count). The summed E-state index contributed by atoms with van der Waals surface area (Å²) in [5.41, 5.74) is 12.7. The molecule has 0 unspecified atom stereocenters. The van der Waals surface area contributed by atoms with Crippen molar-refractivity contribution in [2.24, 2.45) is 5.73 Å². The van der Waals surface area contributed by atoms with E-state index in [9.17, 15) is 4.79 Å². The Morgan fingerprint density at radius 2 is 2.17 bits per heavy atom. The van der Waals surface area contributed by atoms with E-state index in [-0.39, 0.29) is 6.54 Å². The highest BCUT2D eigenvalue weighted by atomic mass is 32.1. The van der Waals surface area contributed by atoms with Gasteiger partial charge in [-0.25, -0.2) is 4.98 Å². The van der Waals surface area contributed by atoms with Gasteiger partial charge in [0.15, 0.2) is 0 Å². The number of hydrogen-bond donors (Lipinski definition) is 2. The Morgan fingerprint density at radius 3 is 2.78 bits per heavy atom. The van der Waals surface area contributed by atoms with Gasteiger partial charge >= 0.3 is 0 Å². The molecule has 0 radical (unpaired) electrons. The van der Waals surface area contributed by atoms with E-state index in [2.05, 4.69) is 9.36 Å². The predicted molar refractivity (Wildman–Crippen MR) is 71.0 cm³/mol. The minimum atomic E-state index is -0.417. The highest BCUT2D eigenvalue weighted by Crippen LogP contribution is 2.20. The third-order valence-electron chi connectivity index (χ3n) is 2.38. The van der Waals surface area contributed by atoms with E-state index < -0.39 is 5.91 Å². The molecule has 0 aliphatic rings. The summed E-state index contributed by atoms with van der Waals surface area (Å²) in [6.45, 7) is 0.564. The number of rotatable bonds is 5. The summed E-state index contributed by atoms with van der Waals surface area (Å²) in [5.74, 6) is -0.417. The van der Waals surface area contributed by atoms with Gasteiger partial charge in [0, 0.05) is 23.8 Å². The van der Waals surface area contributed by atoms with E-state index in [0.717, 1.165) is 5.56 Å². The molecule has 0 bridgehead atoms. The Labute approximate surface area is 108 Å². The van der Waals surface area contributed by atoms with Gasteiger partial charge in [0.05, 0.1) is 6.54 Å². The first kappa shape index (κ1) is 12.3. The first-order valence-corrected chi connectivity index (χ1v) is 6.07. The van der Waals surface area contributed by atoms with Crippen molar-refractivity contribution in [1.29, 1.82) is 0 Å². The van der Waals surface area contributed by atoms with Gasteiger partial charge in [0.25, 0.3) is 0 Å². The number of benzene rings is 1. The third kappa shape index (κ3) is 2.95. The first-order valence-electron chi connectivity index (χ1n) is 5.30. The average Bonchev–Trinajstić information content (AvgIpc) is 2.84. The van der Waals surface area contributed by atoms with E-state index in [1.807, 2.05) is 24.3 Å². The molecule has 1 aromatic heterocycles. The van der Waals surface area contributed by atoms with Gasteiger partial charge < -0.3 is 16.4 Å². The molecule has 0 atom stereocenters. The van der Waals surface area contributed by atoms with Gasteiger partial charge in [0.1, 0.15) is 6.33 Å². The van der Waals surface area contributed by atoms with E-state index in [1.165, 1.54) is 17.9 Å². The van der Waals surface area contributed by atoms with E-state index in [4.69, 9.17) is 11.5 Å². The summed E-state index contributed by atoms with van der Waals surface area (Å²) in [6.07, 6.45) is 1.45. The van der Waals surface area contributed by atoms with Crippen LogP contribution in [0.15, 0.2) is 30.6 Å². The number of carbonyl (C=O) groups excluding carboxylic acids is 1. The van der Waals surface area contributed by atoms with Crippen LogP contribution >= 0.6 is 11.5 Å². The number of primary amides is 1. The summed E-state index contributed by atoms with van der Waals surface area (Å²) in [6, 6.07) is 7.48. The number of aromatic nitrogens is 2. The molecule has 1 aromatic carbocycles. The summed E-state index contributed by atoms with van der Waals surface area (Å²) in [5, 5.41) is 0.650. The fourth-order valence-corrected chi connectivity index (χ4v) is 2.10. The summed E-state index contributed by atoms with van der Waals surface area (Å²) in [4.78, 5) is 16.9. The largest absolute Gasteiger partial charge is 0.398 e. The monoisotopic (exact) mass is 263 g/mol. The van der Waals surface area contributed by atoms with E-state index >= 15 is 0 Å². The van der Waals surface area contributed by atoms with Gasteiger partial charge in [-0.05, 0) is 11.6 Å². The maximum Gasteiger partial charge on any atom is 0.237 e. The fraction of sp³-hybridized carbons (Fsp3) is 0.182. The topological polar surface area (TPSA) is 98.1 Å². The average molecular weight is 263 g/mol. The summed E-state index contributed by atoms with van der Waals surface area (Å²) >= 11 is 1.21. The Hall–Kier alpha value is -2.15. The maximum absolute atomic E-state index is 11.1. The second-order valence-corrected chi connectivity index (χ2v) is 4.50. The minimum Gasteiger partial charge on any atom is -0.398 e. The second-order valence-electron chi connectivity index (χ2n) is 3.75. The molecule has 2 aromatic rings. The van der Waals surface area contributed by atoms with Crippen LogP contribution in [0.1, 0.15) is 5.56 Å².